The number of methoxy groups -OCH3 is 1. The molecule has 33 heavy (non-hydrogen) atoms. The van der Waals surface area contributed by atoms with Crippen LogP contribution < -0.4 is 19.5 Å². The lowest BCUT2D eigenvalue weighted by molar-refractivity contribution is -0.112. The first-order chi connectivity index (χ1) is 15.9. The number of anilines is 1. The molecule has 8 nitrogen and oxygen atoms in total. The molecule has 1 N–H and O–H groups in total. The number of amides is 1. The van der Waals surface area contributed by atoms with Crippen molar-refractivity contribution in [3.05, 3.63) is 58.7 Å². The van der Waals surface area contributed by atoms with Crippen LogP contribution in [0, 0.1) is 25.2 Å². The average Bonchev–Trinajstić information content (AvgIpc) is 3.21. The van der Waals surface area contributed by atoms with Crippen molar-refractivity contribution in [2.45, 2.75) is 18.2 Å². The summed E-state index contributed by atoms with van der Waals surface area (Å²) in [6, 6.07) is 13.0. The van der Waals surface area contributed by atoms with Gasteiger partial charge < -0.3 is 14.2 Å². The van der Waals surface area contributed by atoms with Crippen LogP contribution in [0.4, 0.5) is 5.13 Å². The maximum Gasteiger partial charge on any atom is 0.268 e. The van der Waals surface area contributed by atoms with Gasteiger partial charge in [-0.15, -0.1) is 22.8 Å². The number of thiol groups is 1. The van der Waals surface area contributed by atoms with Gasteiger partial charge in [-0.2, -0.15) is 5.26 Å². The van der Waals surface area contributed by atoms with Crippen LogP contribution in [-0.2, 0) is 4.79 Å². The highest BCUT2D eigenvalue weighted by Crippen LogP contribution is 2.29. The Morgan fingerprint density at radius 2 is 1.88 bits per heavy atom. The second-order valence-corrected chi connectivity index (χ2v) is 8.55. The van der Waals surface area contributed by atoms with Crippen LogP contribution in [0.1, 0.15) is 16.7 Å². The zero-order valence-corrected chi connectivity index (χ0v) is 20.0. The molecule has 0 saturated carbocycles. The molecule has 0 bridgehead atoms. The second-order valence-electron chi connectivity index (χ2n) is 6.84. The fraction of sp³-hybridized carbons (Fsp3) is 0.217. The average molecular weight is 483 g/mol. The van der Waals surface area contributed by atoms with Crippen molar-refractivity contribution in [3.8, 4) is 23.3 Å². The van der Waals surface area contributed by atoms with E-state index in [1.54, 1.807) is 18.2 Å². The summed E-state index contributed by atoms with van der Waals surface area (Å²) in [7, 11) is 1.52. The minimum absolute atomic E-state index is 0.0939. The number of nitrogens with one attached hydrogen (secondary N) is 1. The van der Waals surface area contributed by atoms with Gasteiger partial charge in [0.1, 0.15) is 30.6 Å². The van der Waals surface area contributed by atoms with E-state index in [9.17, 15) is 10.1 Å². The first-order valence-corrected chi connectivity index (χ1v) is 11.1. The van der Waals surface area contributed by atoms with Gasteiger partial charge in [0, 0.05) is 0 Å². The third kappa shape index (κ3) is 6.47. The van der Waals surface area contributed by atoms with Gasteiger partial charge in [-0.3, -0.25) is 10.1 Å². The Hall–Kier alpha value is -3.55. The summed E-state index contributed by atoms with van der Waals surface area (Å²) in [6.45, 7) is 4.69. The Balaban J connectivity index is 1.64. The molecule has 10 heteroatoms. The van der Waals surface area contributed by atoms with Gasteiger partial charge in [-0.25, -0.2) is 0 Å². The molecule has 1 aromatic heterocycles. The topological polar surface area (TPSA) is 106 Å². The second kappa shape index (κ2) is 11.4. The molecule has 1 heterocycles. The molecule has 0 atom stereocenters. The lowest BCUT2D eigenvalue weighted by atomic mass is 10.1. The van der Waals surface area contributed by atoms with Gasteiger partial charge in [0.05, 0.1) is 7.11 Å². The van der Waals surface area contributed by atoms with Crippen LogP contribution in [0.25, 0.3) is 6.08 Å². The summed E-state index contributed by atoms with van der Waals surface area (Å²) in [5.41, 5.74) is 2.64. The van der Waals surface area contributed by atoms with E-state index in [1.165, 1.54) is 13.2 Å². The van der Waals surface area contributed by atoms with Crippen LogP contribution in [-0.4, -0.2) is 36.4 Å². The summed E-state index contributed by atoms with van der Waals surface area (Å²) in [5, 5.41) is 19.7. The molecule has 3 aromatic rings. The molecule has 2 aromatic carbocycles. The molecule has 1 amide bonds. The Bertz CT molecular complexity index is 1200. The lowest BCUT2D eigenvalue weighted by Gasteiger charge is -2.14. The van der Waals surface area contributed by atoms with Gasteiger partial charge in [0.25, 0.3) is 5.91 Å². The molecule has 0 aliphatic carbocycles. The van der Waals surface area contributed by atoms with Crippen molar-refractivity contribution in [1.29, 1.82) is 5.26 Å². The number of rotatable bonds is 9. The molecular weight excluding hydrogens is 460 g/mol. The normalized spacial score (nSPS) is 10.9. The zero-order valence-electron chi connectivity index (χ0n) is 18.3. The maximum absolute atomic E-state index is 12.4. The van der Waals surface area contributed by atoms with Crippen molar-refractivity contribution in [2.24, 2.45) is 0 Å². The standard InChI is InChI=1S/C23H22N4O4S2/c1-14-5-4-6-15(2)20(14)31-10-9-30-18-8-7-16(12-19(18)29-3)11-17(13-24)21(28)25-22-26-27-23(32)33-22/h4-8,11-12H,9-10H2,1-3H3,(H,27,32)(H,25,26,28). The molecule has 0 aliphatic heterocycles. The molecular formula is C23H22N4O4S2. The van der Waals surface area contributed by atoms with Gasteiger partial charge in [-0.05, 0) is 48.7 Å². The van der Waals surface area contributed by atoms with E-state index in [0.29, 0.717) is 34.6 Å². The number of aryl methyl sites for hydroxylation is 2. The highest BCUT2D eigenvalue weighted by atomic mass is 32.2. The number of para-hydroxylation sites is 1. The number of carbonyl (C=O) groups is 1. The number of hydrogen-bond acceptors (Lipinski definition) is 9. The summed E-state index contributed by atoms with van der Waals surface area (Å²) < 4.78 is 17.5. The summed E-state index contributed by atoms with van der Waals surface area (Å²) >= 11 is 5.15. The maximum atomic E-state index is 12.4. The number of ether oxygens (including phenoxy) is 3. The third-order valence-electron chi connectivity index (χ3n) is 4.49. The van der Waals surface area contributed by atoms with Crippen molar-refractivity contribution >= 4 is 41.1 Å². The SMILES string of the molecule is COc1cc(C=C(C#N)C(=O)Nc2nnc(S)s2)ccc1OCCOc1c(C)cccc1C. The summed E-state index contributed by atoms with van der Waals surface area (Å²) in [5.74, 6) is 1.26. The van der Waals surface area contributed by atoms with E-state index in [1.807, 2.05) is 38.1 Å². The zero-order chi connectivity index (χ0) is 23.8. The molecule has 3 rings (SSSR count). The molecule has 0 unspecified atom stereocenters. The predicted molar refractivity (Wildman–Crippen MR) is 129 cm³/mol. The fourth-order valence-corrected chi connectivity index (χ4v) is 3.75. The number of aromatic nitrogens is 2. The first-order valence-electron chi connectivity index (χ1n) is 9.86. The van der Waals surface area contributed by atoms with Crippen molar-refractivity contribution < 1.29 is 19.0 Å². The third-order valence-corrected chi connectivity index (χ3v) is 5.50. The van der Waals surface area contributed by atoms with Gasteiger partial charge >= 0.3 is 0 Å². The molecule has 0 fully saturated rings. The van der Waals surface area contributed by atoms with Crippen LogP contribution in [0.15, 0.2) is 46.3 Å². The Morgan fingerprint density at radius 1 is 1.15 bits per heavy atom. The van der Waals surface area contributed by atoms with E-state index in [-0.39, 0.29) is 10.7 Å². The van der Waals surface area contributed by atoms with Gasteiger partial charge in [0.2, 0.25) is 5.13 Å². The van der Waals surface area contributed by atoms with Crippen molar-refractivity contribution in [2.75, 3.05) is 25.6 Å². The highest BCUT2D eigenvalue weighted by molar-refractivity contribution is 7.82. The van der Waals surface area contributed by atoms with Gasteiger partial charge in [0.15, 0.2) is 15.8 Å². The number of carbonyl (C=O) groups excluding carboxylic acids is 1. The van der Waals surface area contributed by atoms with Crippen LogP contribution in [0.3, 0.4) is 0 Å². The van der Waals surface area contributed by atoms with Crippen molar-refractivity contribution in [3.63, 3.8) is 0 Å². The monoisotopic (exact) mass is 482 g/mol. The van der Waals surface area contributed by atoms with Crippen LogP contribution >= 0.6 is 24.0 Å². The summed E-state index contributed by atoms with van der Waals surface area (Å²) in [4.78, 5) is 12.4. The molecule has 0 saturated heterocycles. The molecule has 0 aliphatic rings. The minimum atomic E-state index is -0.593. The van der Waals surface area contributed by atoms with Crippen LogP contribution in [0.5, 0.6) is 17.2 Å². The highest BCUT2D eigenvalue weighted by Gasteiger charge is 2.13. The number of nitrogens with zero attached hydrogens (tertiary/aromatic N) is 3. The minimum Gasteiger partial charge on any atom is -0.493 e. The van der Waals surface area contributed by atoms with E-state index in [2.05, 4.69) is 28.1 Å². The van der Waals surface area contributed by atoms with E-state index in [0.717, 1.165) is 28.2 Å². The van der Waals surface area contributed by atoms with Crippen LogP contribution in [0.2, 0.25) is 0 Å². The Morgan fingerprint density at radius 3 is 2.52 bits per heavy atom. The largest absolute Gasteiger partial charge is 0.493 e. The number of hydrogen-bond donors (Lipinski definition) is 2. The van der Waals surface area contributed by atoms with Crippen molar-refractivity contribution in [1.82, 2.24) is 10.2 Å². The number of benzene rings is 2. The Labute approximate surface area is 201 Å². The Kier molecular flexibility index (Phi) is 8.29. The van der Waals surface area contributed by atoms with E-state index in [4.69, 9.17) is 14.2 Å². The first kappa shape index (κ1) is 24.1. The molecule has 170 valence electrons. The van der Waals surface area contributed by atoms with E-state index < -0.39 is 5.91 Å². The molecule has 0 radical (unpaired) electrons. The summed E-state index contributed by atoms with van der Waals surface area (Å²) in [6.07, 6.45) is 1.45. The van der Waals surface area contributed by atoms with Gasteiger partial charge in [-0.1, -0.05) is 35.6 Å². The van der Waals surface area contributed by atoms with E-state index >= 15 is 0 Å². The predicted octanol–water partition coefficient (Wildman–Crippen LogP) is 4.46. The fourth-order valence-electron chi connectivity index (χ4n) is 2.96. The molecule has 0 spiro atoms. The smallest absolute Gasteiger partial charge is 0.268 e. The quantitative estimate of drug-likeness (QED) is 0.152. The number of nitriles is 1. The lowest BCUT2D eigenvalue weighted by Crippen LogP contribution is -2.13.